The SMILES string of the molecule is CCc1ccncc1-c1cc(Cl)c2nnc([C@@H]3CCCN3C(N)=O)cc2c1. The van der Waals surface area contributed by atoms with Gasteiger partial charge in [-0.05, 0) is 54.7 Å². The van der Waals surface area contributed by atoms with Crippen molar-refractivity contribution in [3.05, 3.63) is 52.9 Å². The zero-order valence-corrected chi connectivity index (χ0v) is 15.8. The maximum absolute atomic E-state index is 11.7. The Morgan fingerprint density at radius 3 is 2.96 bits per heavy atom. The summed E-state index contributed by atoms with van der Waals surface area (Å²) in [5.41, 5.74) is 10.2. The molecule has 7 heteroatoms. The van der Waals surface area contributed by atoms with Crippen molar-refractivity contribution in [2.45, 2.75) is 32.2 Å². The first-order valence-corrected chi connectivity index (χ1v) is 9.42. The molecule has 0 radical (unpaired) electrons. The van der Waals surface area contributed by atoms with Gasteiger partial charge in [-0.15, -0.1) is 5.10 Å². The van der Waals surface area contributed by atoms with Crippen LogP contribution in [0.5, 0.6) is 0 Å². The van der Waals surface area contributed by atoms with Crippen LogP contribution in [-0.4, -0.2) is 32.7 Å². The molecule has 3 aromatic rings. The number of nitrogens with two attached hydrogens (primary N) is 1. The van der Waals surface area contributed by atoms with Gasteiger partial charge in [0.2, 0.25) is 0 Å². The van der Waals surface area contributed by atoms with Crippen LogP contribution >= 0.6 is 11.6 Å². The molecule has 138 valence electrons. The number of primary amides is 1. The number of amides is 2. The molecule has 0 bridgehead atoms. The summed E-state index contributed by atoms with van der Waals surface area (Å²) in [7, 11) is 0. The molecule has 6 nitrogen and oxygen atoms in total. The van der Waals surface area contributed by atoms with E-state index in [1.165, 1.54) is 5.56 Å². The second-order valence-corrected chi connectivity index (χ2v) is 7.15. The molecule has 27 heavy (non-hydrogen) atoms. The first-order chi connectivity index (χ1) is 13.1. The Bertz CT molecular complexity index is 1020. The van der Waals surface area contributed by atoms with Crippen LogP contribution in [0, 0.1) is 0 Å². The van der Waals surface area contributed by atoms with Gasteiger partial charge in [0.25, 0.3) is 0 Å². The van der Waals surface area contributed by atoms with Crippen molar-refractivity contribution < 1.29 is 4.79 Å². The smallest absolute Gasteiger partial charge is 0.315 e. The van der Waals surface area contributed by atoms with E-state index in [-0.39, 0.29) is 6.04 Å². The third-order valence-electron chi connectivity index (χ3n) is 5.14. The predicted octanol–water partition coefficient (Wildman–Crippen LogP) is 4.12. The lowest BCUT2D eigenvalue weighted by atomic mass is 9.98. The van der Waals surface area contributed by atoms with E-state index < -0.39 is 6.03 Å². The number of carbonyl (C=O) groups is 1. The lowest BCUT2D eigenvalue weighted by Crippen LogP contribution is -2.35. The summed E-state index contributed by atoms with van der Waals surface area (Å²) < 4.78 is 0. The van der Waals surface area contributed by atoms with Gasteiger partial charge in [0, 0.05) is 29.9 Å². The molecule has 0 spiro atoms. The highest BCUT2D eigenvalue weighted by Gasteiger charge is 2.30. The highest BCUT2D eigenvalue weighted by atomic mass is 35.5. The third-order valence-corrected chi connectivity index (χ3v) is 5.43. The van der Waals surface area contributed by atoms with E-state index in [1.807, 2.05) is 24.4 Å². The maximum atomic E-state index is 11.7. The van der Waals surface area contributed by atoms with Crippen LogP contribution in [0.4, 0.5) is 4.79 Å². The number of hydrogen-bond acceptors (Lipinski definition) is 4. The van der Waals surface area contributed by atoms with Crippen molar-refractivity contribution in [3.8, 4) is 11.1 Å². The van der Waals surface area contributed by atoms with E-state index in [2.05, 4.69) is 28.2 Å². The zero-order chi connectivity index (χ0) is 19.0. The van der Waals surface area contributed by atoms with Crippen LogP contribution in [-0.2, 0) is 6.42 Å². The standard InChI is InChI=1S/C20H20ClN5O/c1-2-12-5-6-23-11-15(12)13-8-14-10-17(24-25-19(14)16(21)9-13)18-4-3-7-26(18)20(22)27/h5-6,8-11,18H,2-4,7H2,1H3,(H2,22,27)/t18-/m0/s1. The molecule has 1 aliphatic heterocycles. The van der Waals surface area contributed by atoms with E-state index in [9.17, 15) is 4.79 Å². The Balaban J connectivity index is 1.82. The third kappa shape index (κ3) is 3.21. The van der Waals surface area contributed by atoms with Crippen LogP contribution in [0.25, 0.3) is 22.0 Å². The lowest BCUT2D eigenvalue weighted by molar-refractivity contribution is 0.201. The number of benzene rings is 1. The number of pyridine rings is 1. The van der Waals surface area contributed by atoms with Gasteiger partial charge in [-0.1, -0.05) is 18.5 Å². The molecule has 2 N–H and O–H groups in total. The Morgan fingerprint density at radius 1 is 1.33 bits per heavy atom. The number of rotatable bonds is 3. The molecule has 0 unspecified atom stereocenters. The number of urea groups is 1. The van der Waals surface area contributed by atoms with Gasteiger partial charge in [0.15, 0.2) is 0 Å². The van der Waals surface area contributed by atoms with E-state index in [0.29, 0.717) is 17.1 Å². The Morgan fingerprint density at radius 2 is 2.19 bits per heavy atom. The van der Waals surface area contributed by atoms with Crippen LogP contribution < -0.4 is 5.73 Å². The summed E-state index contributed by atoms with van der Waals surface area (Å²) in [5, 5.41) is 10.1. The van der Waals surface area contributed by atoms with Gasteiger partial charge in [-0.3, -0.25) is 4.98 Å². The molecule has 1 aromatic carbocycles. The first kappa shape index (κ1) is 17.7. The van der Waals surface area contributed by atoms with Crippen molar-refractivity contribution in [1.29, 1.82) is 0 Å². The number of carbonyl (C=O) groups excluding carboxylic acids is 1. The van der Waals surface area contributed by atoms with Crippen LogP contribution in [0.15, 0.2) is 36.7 Å². The fraction of sp³-hybridized carbons (Fsp3) is 0.300. The van der Waals surface area contributed by atoms with Gasteiger partial charge in [0.1, 0.15) is 5.52 Å². The number of hydrogen-bond donors (Lipinski definition) is 1. The number of likely N-dealkylation sites (tertiary alicyclic amines) is 1. The summed E-state index contributed by atoms with van der Waals surface area (Å²) in [5.74, 6) is 0. The van der Waals surface area contributed by atoms with E-state index in [0.717, 1.165) is 41.5 Å². The quantitative estimate of drug-likeness (QED) is 0.739. The molecule has 1 fully saturated rings. The molecule has 4 rings (SSSR count). The molecule has 2 aromatic heterocycles. The number of halogens is 1. The summed E-state index contributed by atoms with van der Waals surface area (Å²) >= 11 is 6.49. The monoisotopic (exact) mass is 381 g/mol. The topological polar surface area (TPSA) is 85.0 Å². The highest BCUT2D eigenvalue weighted by molar-refractivity contribution is 6.35. The van der Waals surface area contributed by atoms with Gasteiger partial charge < -0.3 is 10.6 Å². The summed E-state index contributed by atoms with van der Waals surface area (Å²) in [6.07, 6.45) is 6.30. The maximum Gasteiger partial charge on any atom is 0.315 e. The largest absolute Gasteiger partial charge is 0.351 e. The predicted molar refractivity (Wildman–Crippen MR) is 105 cm³/mol. The van der Waals surface area contributed by atoms with E-state index >= 15 is 0 Å². The van der Waals surface area contributed by atoms with Gasteiger partial charge in [0.05, 0.1) is 16.8 Å². The first-order valence-electron chi connectivity index (χ1n) is 9.04. The number of nitrogens with zero attached hydrogens (tertiary/aromatic N) is 4. The second-order valence-electron chi connectivity index (χ2n) is 6.74. The lowest BCUT2D eigenvalue weighted by Gasteiger charge is -2.21. The Hall–Kier alpha value is -2.73. The van der Waals surface area contributed by atoms with Crippen molar-refractivity contribution in [2.75, 3.05) is 6.54 Å². The molecule has 1 saturated heterocycles. The van der Waals surface area contributed by atoms with Gasteiger partial charge >= 0.3 is 6.03 Å². The van der Waals surface area contributed by atoms with Crippen molar-refractivity contribution >= 4 is 28.5 Å². The average molecular weight is 382 g/mol. The summed E-state index contributed by atoms with van der Waals surface area (Å²) in [6.45, 7) is 2.76. The van der Waals surface area contributed by atoms with Crippen molar-refractivity contribution in [1.82, 2.24) is 20.1 Å². The Labute approximate surface area is 162 Å². The second kappa shape index (κ2) is 7.12. The molecule has 0 saturated carbocycles. The minimum atomic E-state index is -0.422. The van der Waals surface area contributed by atoms with Crippen molar-refractivity contribution in [3.63, 3.8) is 0 Å². The fourth-order valence-electron chi connectivity index (χ4n) is 3.78. The summed E-state index contributed by atoms with van der Waals surface area (Å²) in [6, 6.07) is 7.39. The highest BCUT2D eigenvalue weighted by Crippen LogP contribution is 2.35. The number of fused-ring (bicyclic) bond motifs is 1. The molecule has 1 atom stereocenters. The van der Waals surface area contributed by atoms with Gasteiger partial charge in [-0.25, -0.2) is 4.79 Å². The number of aromatic nitrogens is 3. The minimum absolute atomic E-state index is 0.133. The minimum Gasteiger partial charge on any atom is -0.351 e. The van der Waals surface area contributed by atoms with E-state index in [4.69, 9.17) is 17.3 Å². The van der Waals surface area contributed by atoms with Crippen LogP contribution in [0.2, 0.25) is 5.02 Å². The van der Waals surface area contributed by atoms with E-state index in [1.54, 1.807) is 11.1 Å². The molecule has 3 heterocycles. The van der Waals surface area contributed by atoms with Crippen LogP contribution in [0.1, 0.15) is 37.1 Å². The van der Waals surface area contributed by atoms with Gasteiger partial charge in [-0.2, -0.15) is 5.10 Å². The zero-order valence-electron chi connectivity index (χ0n) is 15.0. The van der Waals surface area contributed by atoms with Crippen LogP contribution in [0.3, 0.4) is 0 Å². The molecular formula is C20H20ClN5O. The molecule has 0 aliphatic carbocycles. The number of aryl methyl sites for hydroxylation is 1. The molecule has 1 aliphatic rings. The summed E-state index contributed by atoms with van der Waals surface area (Å²) in [4.78, 5) is 17.6. The van der Waals surface area contributed by atoms with Crippen molar-refractivity contribution in [2.24, 2.45) is 5.73 Å². The molecule has 2 amide bonds. The average Bonchev–Trinajstić information content (AvgIpc) is 3.17. The normalized spacial score (nSPS) is 16.8. The molecular weight excluding hydrogens is 362 g/mol. The Kier molecular flexibility index (Phi) is 4.66. The fourth-order valence-corrected chi connectivity index (χ4v) is 4.04.